The number of para-hydroxylation sites is 1. The summed E-state index contributed by atoms with van der Waals surface area (Å²) in [6.07, 6.45) is 0.717. The van der Waals surface area contributed by atoms with Crippen LogP contribution in [0, 0.1) is 11.3 Å². The van der Waals surface area contributed by atoms with Gasteiger partial charge in [0, 0.05) is 36.1 Å². The lowest BCUT2D eigenvalue weighted by Gasteiger charge is -2.30. The first-order valence-electron chi connectivity index (χ1n) is 15.7. The van der Waals surface area contributed by atoms with E-state index in [0.717, 1.165) is 27.7 Å². The van der Waals surface area contributed by atoms with Gasteiger partial charge in [-0.3, -0.25) is 23.7 Å². The highest BCUT2D eigenvalue weighted by atomic mass is 31.2. The van der Waals surface area contributed by atoms with Crippen molar-refractivity contribution in [1.29, 1.82) is 0 Å². The van der Waals surface area contributed by atoms with Crippen LogP contribution in [0.1, 0.15) is 59.0 Å². The Bertz CT molecular complexity index is 1990. The van der Waals surface area contributed by atoms with Crippen molar-refractivity contribution < 1.29 is 37.0 Å². The maximum absolute atomic E-state index is 17.1. The molecule has 7 unspecified atom stereocenters. The second kappa shape index (κ2) is 12.2. The van der Waals surface area contributed by atoms with E-state index in [1.807, 2.05) is 75.7 Å². The van der Waals surface area contributed by atoms with Gasteiger partial charge < -0.3 is 23.3 Å². The van der Waals surface area contributed by atoms with Crippen molar-refractivity contribution in [3.8, 4) is 0 Å². The molecule has 3 aromatic rings. The van der Waals surface area contributed by atoms with Gasteiger partial charge in [0.25, 0.3) is 5.56 Å². The van der Waals surface area contributed by atoms with Crippen molar-refractivity contribution in [3.05, 3.63) is 80.5 Å². The Morgan fingerprint density at radius 3 is 2.69 bits per heavy atom. The van der Waals surface area contributed by atoms with Crippen molar-refractivity contribution in [3.63, 3.8) is 0 Å². The van der Waals surface area contributed by atoms with E-state index in [4.69, 9.17) is 23.3 Å². The van der Waals surface area contributed by atoms with Gasteiger partial charge in [-0.05, 0) is 31.4 Å². The normalized spacial score (nSPS) is 29.3. The van der Waals surface area contributed by atoms with Crippen LogP contribution in [0.3, 0.4) is 0 Å². The zero-order valence-corrected chi connectivity index (χ0v) is 28.7. The van der Waals surface area contributed by atoms with Crippen molar-refractivity contribution in [2.24, 2.45) is 18.4 Å². The molecule has 4 heterocycles. The number of fused-ring (bicyclic) bond motifs is 5. The van der Waals surface area contributed by atoms with E-state index >= 15 is 4.39 Å². The number of ether oxygens (including phenoxy) is 3. The van der Waals surface area contributed by atoms with Gasteiger partial charge in [-0.2, -0.15) is 5.09 Å². The molecule has 48 heavy (non-hydrogen) atoms. The molecular formula is C33H40FN4O9P. The highest BCUT2D eigenvalue weighted by Gasteiger charge is 2.59. The first-order valence-corrected chi connectivity index (χ1v) is 17.2. The topological polar surface area (TPSA) is 152 Å². The Balaban J connectivity index is 1.49. The van der Waals surface area contributed by atoms with Gasteiger partial charge in [0.15, 0.2) is 23.8 Å². The van der Waals surface area contributed by atoms with Crippen molar-refractivity contribution in [2.45, 2.75) is 71.7 Å². The third kappa shape index (κ3) is 6.18. The number of alkyl halides is 1. The van der Waals surface area contributed by atoms with Gasteiger partial charge in [0.05, 0.1) is 24.5 Å². The zero-order valence-electron chi connectivity index (χ0n) is 27.8. The minimum absolute atomic E-state index is 0.0338. The Labute approximate surface area is 276 Å². The predicted octanol–water partition coefficient (Wildman–Crippen LogP) is 4.79. The predicted molar refractivity (Wildman–Crippen MR) is 175 cm³/mol. The number of hydrogen-bond acceptors (Lipinski definition) is 9. The molecule has 0 saturated carbocycles. The summed E-state index contributed by atoms with van der Waals surface area (Å²) < 4.78 is 65.1. The number of aromatic nitrogens is 3. The number of allylic oxidation sites excluding steroid dienone is 1. The molecule has 1 aromatic carbocycles. The lowest BCUT2D eigenvalue weighted by Crippen LogP contribution is -2.45. The minimum atomic E-state index is -4.49. The molecule has 0 bridgehead atoms. The molecule has 6 rings (SSSR count). The van der Waals surface area contributed by atoms with E-state index in [1.165, 1.54) is 13.8 Å². The number of halogens is 1. The van der Waals surface area contributed by atoms with E-state index in [1.54, 1.807) is 0 Å². The average molecular weight is 687 g/mol. The maximum Gasteiger partial charge on any atom is 0.459 e. The quantitative estimate of drug-likeness (QED) is 0.283. The van der Waals surface area contributed by atoms with Crippen LogP contribution in [0.2, 0.25) is 0 Å². The van der Waals surface area contributed by atoms with Gasteiger partial charge in [-0.15, -0.1) is 0 Å². The lowest BCUT2D eigenvalue weighted by atomic mass is 9.97. The Kier molecular flexibility index (Phi) is 8.60. The molecule has 3 aliphatic rings. The second-order valence-electron chi connectivity index (χ2n) is 13.8. The van der Waals surface area contributed by atoms with Crippen LogP contribution in [-0.4, -0.2) is 57.2 Å². The molecule has 2 N–H and O–H groups in total. The number of H-pyrrole nitrogens is 1. The number of hydrogen-bond donors (Lipinski definition) is 2. The third-order valence-corrected chi connectivity index (χ3v) is 10.2. The van der Waals surface area contributed by atoms with Gasteiger partial charge in [0.1, 0.15) is 17.9 Å². The first-order chi connectivity index (χ1) is 22.5. The van der Waals surface area contributed by atoms with Gasteiger partial charge in [0.2, 0.25) is 0 Å². The van der Waals surface area contributed by atoms with Gasteiger partial charge in [-0.1, -0.05) is 52.0 Å². The van der Waals surface area contributed by atoms with E-state index in [0.29, 0.717) is 11.3 Å². The number of aryl methyl sites for hydroxylation is 1. The fraction of sp³-hybridized carbons (Fsp3) is 0.485. The molecule has 2 aliphatic heterocycles. The summed E-state index contributed by atoms with van der Waals surface area (Å²) >= 11 is 0. The molecule has 13 nitrogen and oxygen atoms in total. The number of rotatable bonds is 5. The number of nitrogens with one attached hydrogen (secondary N) is 2. The van der Waals surface area contributed by atoms with E-state index < -0.39 is 67.6 Å². The summed E-state index contributed by atoms with van der Waals surface area (Å²) in [5.74, 6) is -1.03. The van der Waals surface area contributed by atoms with Crippen LogP contribution >= 0.6 is 7.75 Å². The van der Waals surface area contributed by atoms with Crippen LogP contribution in [0.25, 0.3) is 22.7 Å². The molecule has 1 fully saturated rings. The number of carbonyl (C=O) groups is 1. The summed E-state index contributed by atoms with van der Waals surface area (Å²) in [7, 11) is -2.61. The molecule has 1 aliphatic carbocycles. The summed E-state index contributed by atoms with van der Waals surface area (Å²) in [6, 6.07) is 7.48. The van der Waals surface area contributed by atoms with Crippen molar-refractivity contribution in [2.75, 3.05) is 13.2 Å². The SMILES string of the molecule is CC1C=Cc2c(c3ccccc3n2C)C2=C1OC1C(COP(=O)(NC(C)C(=O)OCC(C)(C)C)O2)OC(n2ccc(=O)[nH]c2=O)C1(C)F. The maximum atomic E-state index is 17.1. The molecule has 258 valence electrons. The molecule has 2 aromatic heterocycles. The van der Waals surface area contributed by atoms with Gasteiger partial charge >= 0.3 is 19.4 Å². The van der Waals surface area contributed by atoms with Crippen molar-refractivity contribution in [1.82, 2.24) is 19.2 Å². The molecule has 7 atom stereocenters. The molecule has 15 heteroatoms. The fourth-order valence-corrected chi connectivity index (χ4v) is 7.64. The van der Waals surface area contributed by atoms with Crippen LogP contribution in [0.5, 0.6) is 0 Å². The highest BCUT2D eigenvalue weighted by molar-refractivity contribution is 7.52. The summed E-state index contributed by atoms with van der Waals surface area (Å²) in [6.45, 7) is 9.85. The standard InChI is InChI=1S/C33H40FN4O9P/c1-18-12-13-22-25(20-10-8-9-11-21(20)37(22)7)27-26(18)46-28-23(45-30(33(28,6)34)38-15-14-24(39)35-31(38)41)16-44-48(42,47-27)36-19(2)29(40)43-17-32(3,4)5/h8-15,18-19,23,28,30H,16-17H2,1-7H3,(H,36,42)(H,35,39,41). The van der Waals surface area contributed by atoms with Crippen molar-refractivity contribution >= 4 is 36.5 Å². The number of carbonyl (C=O) groups excluding carboxylic acids is 1. The molecule has 0 amide bonds. The summed E-state index contributed by atoms with van der Waals surface area (Å²) in [4.78, 5) is 39.7. The molecule has 1 saturated heterocycles. The van der Waals surface area contributed by atoms with Crippen LogP contribution in [-0.2, 0) is 39.7 Å². The van der Waals surface area contributed by atoms with E-state index in [-0.39, 0.29) is 23.5 Å². The monoisotopic (exact) mass is 686 g/mol. The zero-order chi connectivity index (χ0) is 34.8. The number of nitrogens with zero attached hydrogens (tertiary/aromatic N) is 2. The number of aromatic amines is 1. The van der Waals surface area contributed by atoms with Crippen LogP contribution < -0.4 is 16.3 Å². The Morgan fingerprint density at radius 2 is 1.98 bits per heavy atom. The third-order valence-electron chi connectivity index (χ3n) is 8.57. The number of benzene rings is 1. The smallest absolute Gasteiger partial charge is 0.459 e. The Hall–Kier alpha value is -3.97. The average Bonchev–Trinajstić information content (AvgIpc) is 3.39. The summed E-state index contributed by atoms with van der Waals surface area (Å²) in [5, 5.41) is 3.46. The van der Waals surface area contributed by atoms with Crippen LogP contribution in [0.15, 0.2) is 58.0 Å². The minimum Gasteiger partial charge on any atom is -0.484 e. The lowest BCUT2D eigenvalue weighted by molar-refractivity contribution is -0.148. The van der Waals surface area contributed by atoms with Crippen LogP contribution in [0.4, 0.5) is 4.39 Å². The first kappa shape index (κ1) is 33.9. The van der Waals surface area contributed by atoms with E-state index in [9.17, 15) is 18.9 Å². The molecule has 0 spiro atoms. The number of esters is 1. The largest absolute Gasteiger partial charge is 0.484 e. The fourth-order valence-electron chi connectivity index (χ4n) is 6.11. The summed E-state index contributed by atoms with van der Waals surface area (Å²) in [5.41, 5.74) is -2.14. The highest BCUT2D eigenvalue weighted by Crippen LogP contribution is 2.55. The Morgan fingerprint density at radius 1 is 1.25 bits per heavy atom. The van der Waals surface area contributed by atoms with E-state index in [2.05, 4.69) is 10.1 Å². The molecular weight excluding hydrogens is 646 g/mol. The molecule has 0 radical (unpaired) electrons. The van der Waals surface area contributed by atoms with Gasteiger partial charge in [-0.25, -0.2) is 13.8 Å². The second-order valence-corrected chi connectivity index (χ2v) is 15.5.